The average molecular weight is 397 g/mol. The molecule has 2 aromatic rings. The lowest BCUT2D eigenvalue weighted by Gasteiger charge is -2.33. The van der Waals surface area contributed by atoms with Crippen LogP contribution in [0.25, 0.3) is 0 Å². The van der Waals surface area contributed by atoms with E-state index in [-0.39, 0.29) is 23.5 Å². The minimum Gasteiger partial charge on any atom is -0.342 e. The summed E-state index contributed by atoms with van der Waals surface area (Å²) in [7, 11) is 0. The molecule has 1 aromatic carbocycles. The molecular formula is C22H24N2O3S. The monoisotopic (exact) mass is 396 g/mol. The highest BCUT2D eigenvalue weighted by atomic mass is 32.1. The predicted octanol–water partition coefficient (Wildman–Crippen LogP) is 3.45. The summed E-state index contributed by atoms with van der Waals surface area (Å²) in [5.41, 5.74) is 0.899. The maximum absolute atomic E-state index is 13.1. The third-order valence-electron chi connectivity index (χ3n) is 5.70. The molecule has 3 heterocycles. The first-order valence-corrected chi connectivity index (χ1v) is 10.8. The Morgan fingerprint density at radius 1 is 0.821 bits per heavy atom. The highest BCUT2D eigenvalue weighted by Gasteiger charge is 2.32. The minimum atomic E-state index is -0.118. The second-order valence-electron chi connectivity index (χ2n) is 7.45. The second-order valence-corrected chi connectivity index (χ2v) is 8.40. The van der Waals surface area contributed by atoms with E-state index in [9.17, 15) is 14.4 Å². The van der Waals surface area contributed by atoms with Gasteiger partial charge in [-0.25, -0.2) is 0 Å². The number of amides is 2. The van der Waals surface area contributed by atoms with Gasteiger partial charge in [-0.3, -0.25) is 14.4 Å². The van der Waals surface area contributed by atoms with Crippen molar-refractivity contribution in [1.29, 1.82) is 0 Å². The normalized spacial score (nSPS) is 17.7. The Morgan fingerprint density at radius 2 is 1.50 bits per heavy atom. The van der Waals surface area contributed by atoms with Crippen molar-refractivity contribution in [1.82, 2.24) is 9.80 Å². The molecule has 0 radical (unpaired) electrons. The summed E-state index contributed by atoms with van der Waals surface area (Å²) in [6.07, 6.45) is 3.58. The van der Waals surface area contributed by atoms with Crippen LogP contribution in [0, 0.1) is 5.92 Å². The van der Waals surface area contributed by atoms with Gasteiger partial charge in [0.05, 0.1) is 10.4 Å². The van der Waals surface area contributed by atoms with E-state index in [4.69, 9.17) is 0 Å². The molecule has 2 saturated heterocycles. The maximum atomic E-state index is 13.1. The highest BCUT2D eigenvalue weighted by molar-refractivity contribution is 7.12. The molecule has 0 saturated carbocycles. The van der Waals surface area contributed by atoms with Crippen LogP contribution < -0.4 is 0 Å². The molecule has 2 fully saturated rings. The van der Waals surface area contributed by atoms with Crippen LogP contribution in [-0.4, -0.2) is 53.6 Å². The lowest BCUT2D eigenvalue weighted by Crippen LogP contribution is -2.44. The minimum absolute atomic E-state index is 0.0187. The zero-order chi connectivity index (χ0) is 19.5. The fourth-order valence-corrected chi connectivity index (χ4v) is 4.78. The van der Waals surface area contributed by atoms with Gasteiger partial charge in [0.1, 0.15) is 0 Å². The number of ketones is 1. The number of benzene rings is 1. The highest BCUT2D eigenvalue weighted by Crippen LogP contribution is 2.25. The molecule has 28 heavy (non-hydrogen) atoms. The summed E-state index contributed by atoms with van der Waals surface area (Å²) in [6, 6.07) is 10.7. The number of hydrogen-bond acceptors (Lipinski definition) is 4. The van der Waals surface area contributed by atoms with Crippen molar-refractivity contribution in [2.24, 2.45) is 5.92 Å². The largest absolute Gasteiger partial charge is 0.342 e. The van der Waals surface area contributed by atoms with Gasteiger partial charge in [0.2, 0.25) is 11.7 Å². The van der Waals surface area contributed by atoms with Crippen molar-refractivity contribution in [3.05, 3.63) is 57.8 Å². The number of piperidine rings is 1. The molecular weight excluding hydrogens is 372 g/mol. The van der Waals surface area contributed by atoms with E-state index >= 15 is 0 Å². The van der Waals surface area contributed by atoms with Crippen molar-refractivity contribution in [2.75, 3.05) is 26.2 Å². The second kappa shape index (κ2) is 8.27. The van der Waals surface area contributed by atoms with E-state index in [1.807, 2.05) is 16.3 Å². The molecule has 0 spiro atoms. The third kappa shape index (κ3) is 3.74. The molecule has 1 aromatic heterocycles. The number of nitrogens with zero attached hydrogens (tertiary/aromatic N) is 2. The van der Waals surface area contributed by atoms with E-state index in [1.54, 1.807) is 35.2 Å². The number of carbonyl (C=O) groups is 3. The van der Waals surface area contributed by atoms with Crippen LogP contribution in [0.2, 0.25) is 0 Å². The Labute approximate surface area is 169 Å². The van der Waals surface area contributed by atoms with Gasteiger partial charge in [0.15, 0.2) is 0 Å². The first kappa shape index (κ1) is 18.9. The van der Waals surface area contributed by atoms with Crippen LogP contribution in [0.15, 0.2) is 41.8 Å². The molecule has 0 bridgehead atoms. The zero-order valence-electron chi connectivity index (χ0n) is 15.8. The Bertz CT molecular complexity index is 864. The van der Waals surface area contributed by atoms with E-state index in [0.717, 1.165) is 25.9 Å². The van der Waals surface area contributed by atoms with Crippen molar-refractivity contribution in [2.45, 2.75) is 25.7 Å². The molecule has 2 aliphatic rings. The van der Waals surface area contributed by atoms with Gasteiger partial charge in [-0.2, -0.15) is 0 Å². The Morgan fingerprint density at radius 3 is 2.14 bits per heavy atom. The van der Waals surface area contributed by atoms with Gasteiger partial charge < -0.3 is 9.80 Å². The van der Waals surface area contributed by atoms with E-state index in [1.165, 1.54) is 11.3 Å². The number of hydrogen-bond donors (Lipinski definition) is 0. The molecule has 6 heteroatoms. The molecule has 0 unspecified atom stereocenters. The van der Waals surface area contributed by atoms with Gasteiger partial charge in [-0.1, -0.05) is 24.3 Å². The fourth-order valence-electron chi connectivity index (χ4n) is 4.10. The molecule has 0 aliphatic carbocycles. The zero-order valence-corrected chi connectivity index (χ0v) is 16.6. The van der Waals surface area contributed by atoms with Gasteiger partial charge in [0.25, 0.3) is 5.91 Å². The molecule has 2 aliphatic heterocycles. The van der Waals surface area contributed by atoms with Crippen molar-refractivity contribution in [3.63, 3.8) is 0 Å². The quantitative estimate of drug-likeness (QED) is 0.744. The summed E-state index contributed by atoms with van der Waals surface area (Å²) in [5, 5.41) is 1.86. The molecule has 2 amide bonds. The number of carbonyl (C=O) groups excluding carboxylic acids is 3. The van der Waals surface area contributed by atoms with Crippen molar-refractivity contribution < 1.29 is 14.4 Å². The molecule has 0 atom stereocenters. The van der Waals surface area contributed by atoms with Crippen LogP contribution in [0.1, 0.15) is 51.3 Å². The van der Waals surface area contributed by atoms with Gasteiger partial charge >= 0.3 is 0 Å². The van der Waals surface area contributed by atoms with Crippen LogP contribution in [0.5, 0.6) is 0 Å². The molecule has 5 nitrogen and oxygen atoms in total. The van der Waals surface area contributed by atoms with Crippen molar-refractivity contribution in [3.8, 4) is 0 Å². The molecule has 146 valence electrons. The summed E-state index contributed by atoms with van der Waals surface area (Å²) < 4.78 is 0. The third-order valence-corrected chi connectivity index (χ3v) is 6.56. The Hall–Kier alpha value is -2.47. The SMILES string of the molecule is O=C(c1cccs1)c1ccccc1C(=O)N1CCC(C(=O)N2CCCC2)CC1. The first-order chi connectivity index (χ1) is 13.6. The first-order valence-electron chi connectivity index (χ1n) is 9.90. The molecule has 4 rings (SSSR count). The number of likely N-dealkylation sites (tertiary alicyclic amines) is 2. The smallest absolute Gasteiger partial charge is 0.254 e. The summed E-state index contributed by atoms with van der Waals surface area (Å²) in [5.74, 6) is 0.0358. The van der Waals surface area contributed by atoms with Gasteiger partial charge in [0, 0.05) is 37.7 Å². The van der Waals surface area contributed by atoms with Gasteiger partial charge in [-0.15, -0.1) is 11.3 Å². The van der Waals surface area contributed by atoms with Crippen molar-refractivity contribution >= 4 is 28.9 Å². The predicted molar refractivity (Wildman–Crippen MR) is 109 cm³/mol. The number of rotatable bonds is 4. The van der Waals surface area contributed by atoms with E-state index in [0.29, 0.717) is 41.9 Å². The van der Waals surface area contributed by atoms with E-state index < -0.39 is 0 Å². The summed E-state index contributed by atoms with van der Waals surface area (Å²) in [4.78, 5) is 42.9. The average Bonchev–Trinajstić information content (AvgIpc) is 3.46. The van der Waals surface area contributed by atoms with Crippen LogP contribution in [0.3, 0.4) is 0 Å². The Kier molecular flexibility index (Phi) is 5.57. The van der Waals surface area contributed by atoms with Crippen LogP contribution in [0.4, 0.5) is 0 Å². The maximum Gasteiger partial charge on any atom is 0.254 e. The van der Waals surface area contributed by atoms with Crippen LogP contribution in [-0.2, 0) is 4.79 Å². The molecule has 0 N–H and O–H groups in total. The van der Waals surface area contributed by atoms with E-state index in [2.05, 4.69) is 0 Å². The topological polar surface area (TPSA) is 57.7 Å². The van der Waals surface area contributed by atoms with Crippen LogP contribution >= 0.6 is 11.3 Å². The lowest BCUT2D eigenvalue weighted by molar-refractivity contribution is -0.135. The number of thiophene rings is 1. The summed E-state index contributed by atoms with van der Waals surface area (Å²) in [6.45, 7) is 2.86. The fraction of sp³-hybridized carbons (Fsp3) is 0.409. The lowest BCUT2D eigenvalue weighted by atomic mass is 9.94. The standard InChI is InChI=1S/C22H24N2O3S/c25-20(19-8-5-15-28-19)17-6-1-2-7-18(17)22(27)24-13-9-16(10-14-24)21(26)23-11-3-4-12-23/h1-2,5-8,15-16H,3-4,9-14H2. The summed E-state index contributed by atoms with van der Waals surface area (Å²) >= 11 is 1.38. The van der Waals surface area contributed by atoms with Gasteiger partial charge in [-0.05, 0) is 43.2 Å². The Balaban J connectivity index is 1.45.